The van der Waals surface area contributed by atoms with Gasteiger partial charge in [0.25, 0.3) is 5.91 Å². The van der Waals surface area contributed by atoms with Crippen LogP contribution in [0.5, 0.6) is 5.75 Å². The number of anilines is 1. The number of rotatable bonds is 4. The Bertz CT molecular complexity index is 1570. The van der Waals surface area contributed by atoms with Crippen molar-refractivity contribution in [3.63, 3.8) is 0 Å². The minimum Gasteiger partial charge on any atom is -0.497 e. The van der Waals surface area contributed by atoms with E-state index in [0.717, 1.165) is 5.52 Å². The fraction of sp³-hybridized carbons (Fsp3) is 0.259. The topological polar surface area (TPSA) is 118 Å². The maximum Gasteiger partial charge on any atom is 0.254 e. The average Bonchev–Trinajstić information content (AvgIpc) is 3.67. The van der Waals surface area contributed by atoms with Gasteiger partial charge in [-0.3, -0.25) is 14.5 Å². The summed E-state index contributed by atoms with van der Waals surface area (Å²) in [5.41, 5.74) is -0.961. The number of para-hydroxylation sites is 1. The van der Waals surface area contributed by atoms with Crippen molar-refractivity contribution in [1.29, 1.82) is 5.26 Å². The molecule has 2 aromatic heterocycles. The maximum absolute atomic E-state index is 14.8. The highest BCUT2D eigenvalue weighted by atomic mass is 16.5. The first-order chi connectivity index (χ1) is 17.4. The Balaban J connectivity index is 1.69. The number of aromatic amines is 2. The first-order valence-corrected chi connectivity index (χ1v) is 11.6. The number of methoxy groups -OCH3 is 1. The number of likely N-dealkylation sites (N-methyl/N-ethyl adjacent to an activating group) is 2. The average molecular weight is 481 g/mol. The van der Waals surface area contributed by atoms with Crippen molar-refractivity contribution in [3.05, 3.63) is 78.0 Å². The summed E-state index contributed by atoms with van der Waals surface area (Å²) in [6, 6.07) is 15.2. The molecule has 0 aliphatic carbocycles. The second-order valence-electron chi connectivity index (χ2n) is 9.36. The molecule has 2 aliphatic heterocycles. The van der Waals surface area contributed by atoms with Crippen LogP contribution in [0.3, 0.4) is 0 Å². The fourth-order valence-electron chi connectivity index (χ4n) is 6.31. The van der Waals surface area contributed by atoms with E-state index in [-0.39, 0.29) is 12.5 Å². The van der Waals surface area contributed by atoms with E-state index in [4.69, 9.17) is 4.74 Å². The number of nitrogens with one attached hydrogen (secondary N) is 2. The zero-order valence-corrected chi connectivity index (χ0v) is 20.1. The fourth-order valence-corrected chi connectivity index (χ4v) is 6.31. The van der Waals surface area contributed by atoms with Gasteiger partial charge >= 0.3 is 0 Å². The van der Waals surface area contributed by atoms with Crippen molar-refractivity contribution in [2.45, 2.75) is 11.5 Å². The van der Waals surface area contributed by atoms with Crippen LogP contribution in [0.4, 0.5) is 5.69 Å². The minimum atomic E-state index is -1.81. The predicted molar refractivity (Wildman–Crippen MR) is 133 cm³/mol. The highest BCUT2D eigenvalue weighted by Crippen LogP contribution is 2.63. The molecule has 1 fully saturated rings. The highest BCUT2D eigenvalue weighted by molar-refractivity contribution is 6.19. The number of nitriles is 1. The number of imidazole rings is 1. The van der Waals surface area contributed by atoms with Gasteiger partial charge in [0.05, 0.1) is 19.1 Å². The van der Waals surface area contributed by atoms with E-state index in [9.17, 15) is 14.9 Å². The zero-order chi connectivity index (χ0) is 25.2. The number of ether oxygens (including phenoxy) is 1. The molecule has 1 amide bonds. The molecular formula is C27H24N6O3. The van der Waals surface area contributed by atoms with Crippen LogP contribution >= 0.6 is 0 Å². The molecule has 4 aromatic rings. The first-order valence-electron chi connectivity index (χ1n) is 11.6. The van der Waals surface area contributed by atoms with Gasteiger partial charge in [0, 0.05) is 59.9 Å². The molecule has 9 nitrogen and oxygen atoms in total. The lowest BCUT2D eigenvalue weighted by molar-refractivity contribution is -0.130. The number of Topliss-reactive ketones (excluding diaryl/α,β-unsaturated/α-hetero) is 1. The molecule has 0 saturated carbocycles. The molecular weight excluding hydrogens is 456 g/mol. The van der Waals surface area contributed by atoms with Gasteiger partial charge in [-0.25, -0.2) is 4.98 Å². The molecule has 180 valence electrons. The van der Waals surface area contributed by atoms with Crippen LogP contribution in [0.25, 0.3) is 10.9 Å². The number of hydrogen-bond acceptors (Lipinski definition) is 6. The summed E-state index contributed by atoms with van der Waals surface area (Å²) in [6.45, 7) is 0.284. The van der Waals surface area contributed by atoms with E-state index in [1.54, 1.807) is 56.8 Å². The molecule has 1 spiro atoms. The van der Waals surface area contributed by atoms with E-state index in [2.05, 4.69) is 21.0 Å². The maximum atomic E-state index is 14.8. The third-order valence-corrected chi connectivity index (χ3v) is 7.91. The summed E-state index contributed by atoms with van der Waals surface area (Å²) in [5.74, 6) is -0.355. The Labute approximate surface area is 207 Å². The van der Waals surface area contributed by atoms with Gasteiger partial charge in [-0.15, -0.1) is 0 Å². The lowest BCUT2D eigenvalue weighted by Gasteiger charge is -2.41. The molecule has 4 heterocycles. The molecule has 0 bridgehead atoms. The van der Waals surface area contributed by atoms with Crippen molar-refractivity contribution in [1.82, 2.24) is 19.9 Å². The zero-order valence-electron chi connectivity index (χ0n) is 20.1. The summed E-state index contributed by atoms with van der Waals surface area (Å²) < 4.78 is 5.40. The van der Waals surface area contributed by atoms with Crippen molar-refractivity contribution >= 4 is 28.3 Å². The molecule has 0 radical (unpaired) electrons. The second-order valence-corrected chi connectivity index (χ2v) is 9.36. The number of ketones is 1. The van der Waals surface area contributed by atoms with Gasteiger partial charge in [-0.1, -0.05) is 18.2 Å². The normalized spacial score (nSPS) is 25.4. The van der Waals surface area contributed by atoms with Gasteiger partial charge in [0.1, 0.15) is 11.6 Å². The molecule has 36 heavy (non-hydrogen) atoms. The Morgan fingerprint density at radius 2 is 2.03 bits per heavy atom. The van der Waals surface area contributed by atoms with Crippen molar-refractivity contribution in [2.75, 3.05) is 32.6 Å². The van der Waals surface area contributed by atoms with Gasteiger partial charge in [0.15, 0.2) is 16.7 Å². The molecule has 2 aromatic carbocycles. The number of benzene rings is 2. The summed E-state index contributed by atoms with van der Waals surface area (Å²) in [6.07, 6.45) is 4.88. The first kappa shape index (κ1) is 22.1. The van der Waals surface area contributed by atoms with Crippen LogP contribution in [-0.4, -0.2) is 59.3 Å². The molecule has 3 atom stereocenters. The van der Waals surface area contributed by atoms with E-state index in [0.29, 0.717) is 33.8 Å². The lowest BCUT2D eigenvalue weighted by Crippen LogP contribution is -2.59. The number of amides is 1. The number of nitrogens with zero attached hydrogens (tertiary/aromatic N) is 4. The Morgan fingerprint density at radius 1 is 1.22 bits per heavy atom. The van der Waals surface area contributed by atoms with Crippen molar-refractivity contribution in [3.8, 4) is 11.8 Å². The number of carbonyl (C=O) groups excluding carboxylic acids is 2. The van der Waals surface area contributed by atoms with Crippen LogP contribution in [-0.2, 0) is 10.3 Å². The van der Waals surface area contributed by atoms with E-state index < -0.39 is 22.7 Å². The standard InChI is InChI=1S/C27H24N6O3/c1-32-14-20(24-29-10-11-30-24)26(15-28,27(32)19-6-4-5-7-22(19)33(2)25(27)35)23(34)18-13-31-21-9-8-16(36-3)12-17(18)21/h4-13,20,31H,14H2,1-3H3,(H,29,30)/t20-,26+,27-/m1/s1. The monoisotopic (exact) mass is 480 g/mol. The third-order valence-electron chi connectivity index (χ3n) is 7.91. The smallest absolute Gasteiger partial charge is 0.254 e. The number of H-pyrrole nitrogens is 2. The summed E-state index contributed by atoms with van der Waals surface area (Å²) in [7, 11) is 5.05. The Morgan fingerprint density at radius 3 is 2.75 bits per heavy atom. The van der Waals surface area contributed by atoms with Crippen LogP contribution in [0.15, 0.2) is 61.1 Å². The van der Waals surface area contributed by atoms with Crippen molar-refractivity contribution < 1.29 is 14.3 Å². The van der Waals surface area contributed by atoms with Gasteiger partial charge in [-0.2, -0.15) is 5.26 Å². The predicted octanol–water partition coefficient (Wildman–Crippen LogP) is 3.19. The molecule has 6 rings (SSSR count). The Kier molecular flexibility index (Phi) is 4.62. The molecule has 2 aliphatic rings. The van der Waals surface area contributed by atoms with Gasteiger partial charge in [0.2, 0.25) is 0 Å². The second kappa shape index (κ2) is 7.54. The summed E-state index contributed by atoms with van der Waals surface area (Å²) >= 11 is 0. The van der Waals surface area contributed by atoms with Crippen LogP contribution < -0.4 is 9.64 Å². The largest absolute Gasteiger partial charge is 0.497 e. The quantitative estimate of drug-likeness (QED) is 0.433. The van der Waals surface area contributed by atoms with E-state index >= 15 is 0 Å². The molecule has 1 saturated heterocycles. The van der Waals surface area contributed by atoms with E-state index in [1.807, 2.05) is 35.2 Å². The summed E-state index contributed by atoms with van der Waals surface area (Å²) in [5, 5.41) is 11.7. The molecule has 2 N–H and O–H groups in total. The molecule has 9 heteroatoms. The van der Waals surface area contributed by atoms with Gasteiger partial charge in [-0.05, 0) is 31.3 Å². The van der Waals surface area contributed by atoms with E-state index in [1.165, 1.54) is 0 Å². The van der Waals surface area contributed by atoms with Gasteiger partial charge < -0.3 is 19.6 Å². The third kappa shape index (κ3) is 2.44. The highest BCUT2D eigenvalue weighted by Gasteiger charge is 2.76. The van der Waals surface area contributed by atoms with Crippen LogP contribution in [0.1, 0.15) is 27.7 Å². The minimum absolute atomic E-state index is 0.284. The number of likely N-dealkylation sites (tertiary alicyclic amines) is 1. The van der Waals surface area contributed by atoms with Crippen LogP contribution in [0, 0.1) is 16.7 Å². The SMILES string of the molecule is COc1ccc2[nH]cc(C(=O)[C@]3(C#N)[C@@H](c4ncc[nH]4)CN(C)[C@]34C(=O)N(C)c3ccccc34)c2c1. The lowest BCUT2D eigenvalue weighted by atomic mass is 9.59. The number of carbonyl (C=O) groups is 2. The Hall–Kier alpha value is -4.42. The number of fused-ring (bicyclic) bond motifs is 3. The van der Waals surface area contributed by atoms with Crippen molar-refractivity contribution in [2.24, 2.45) is 5.41 Å². The summed E-state index contributed by atoms with van der Waals surface area (Å²) in [4.78, 5) is 43.2. The molecule has 0 unspecified atom stereocenters. The van der Waals surface area contributed by atoms with Crippen LogP contribution in [0.2, 0.25) is 0 Å². The number of aromatic nitrogens is 3. The number of hydrogen-bond donors (Lipinski definition) is 2.